The van der Waals surface area contributed by atoms with E-state index in [9.17, 15) is 5.11 Å². The summed E-state index contributed by atoms with van der Waals surface area (Å²) >= 11 is 0. The van der Waals surface area contributed by atoms with E-state index in [4.69, 9.17) is 4.74 Å². The maximum Gasteiger partial charge on any atom is 0.118 e. The summed E-state index contributed by atoms with van der Waals surface area (Å²) in [5, 5.41) is 10.0. The first-order chi connectivity index (χ1) is 14.2. The largest absolute Gasteiger partial charge is 0.508 e. The number of benzene rings is 2. The van der Waals surface area contributed by atoms with E-state index in [2.05, 4.69) is 46.2 Å². The normalized spacial score (nSPS) is 22.4. The first-order valence-corrected chi connectivity index (χ1v) is 11.1. The predicted octanol–water partition coefficient (Wildman–Crippen LogP) is 4.17. The highest BCUT2D eigenvalue weighted by Gasteiger charge is 2.25. The number of phenolic OH excluding ortho intramolecular Hbond substituents is 1. The molecule has 0 saturated carbocycles. The van der Waals surface area contributed by atoms with Crippen LogP contribution in [0, 0.1) is 6.92 Å². The molecule has 2 aliphatic rings. The SMILES string of the molecule is Cc1ccc(C2CCN(CC3CN(Cc4ccccc4)CCCO3)CC2)cc1O. The minimum atomic E-state index is 0.293. The number of aromatic hydroxyl groups is 1. The Kier molecular flexibility index (Phi) is 6.86. The van der Waals surface area contributed by atoms with E-state index in [-0.39, 0.29) is 0 Å². The van der Waals surface area contributed by atoms with Crippen LogP contribution in [0.5, 0.6) is 5.75 Å². The van der Waals surface area contributed by atoms with Gasteiger partial charge in [0.1, 0.15) is 5.75 Å². The van der Waals surface area contributed by atoms with Crippen molar-refractivity contribution in [2.45, 2.75) is 44.8 Å². The molecule has 0 amide bonds. The maximum absolute atomic E-state index is 10.0. The Bertz CT molecular complexity index is 772. The summed E-state index contributed by atoms with van der Waals surface area (Å²) in [5.41, 5.74) is 3.62. The van der Waals surface area contributed by atoms with Crippen molar-refractivity contribution in [1.82, 2.24) is 9.80 Å². The summed E-state index contributed by atoms with van der Waals surface area (Å²) in [6.45, 7) is 9.21. The molecule has 1 N–H and O–H groups in total. The quantitative estimate of drug-likeness (QED) is 0.826. The van der Waals surface area contributed by atoms with Crippen LogP contribution in [-0.2, 0) is 11.3 Å². The fourth-order valence-electron chi connectivity index (χ4n) is 4.68. The summed E-state index contributed by atoms with van der Waals surface area (Å²) in [6, 6.07) is 17.0. The molecular weight excluding hydrogens is 360 g/mol. The average molecular weight is 395 g/mol. The number of ether oxygens (including phenoxy) is 1. The zero-order valence-corrected chi connectivity index (χ0v) is 17.6. The smallest absolute Gasteiger partial charge is 0.118 e. The Labute approximate surface area is 175 Å². The molecule has 0 spiro atoms. The van der Waals surface area contributed by atoms with Gasteiger partial charge in [-0.15, -0.1) is 0 Å². The lowest BCUT2D eigenvalue weighted by molar-refractivity contribution is 0.0203. The molecule has 0 aromatic heterocycles. The van der Waals surface area contributed by atoms with Gasteiger partial charge in [-0.1, -0.05) is 42.5 Å². The molecule has 0 aliphatic carbocycles. The van der Waals surface area contributed by atoms with Crippen LogP contribution >= 0.6 is 0 Å². The third-order valence-electron chi connectivity index (χ3n) is 6.44. The van der Waals surface area contributed by atoms with Gasteiger partial charge in [-0.3, -0.25) is 4.90 Å². The fourth-order valence-corrected chi connectivity index (χ4v) is 4.68. The van der Waals surface area contributed by atoms with Gasteiger partial charge in [0.2, 0.25) is 0 Å². The summed E-state index contributed by atoms with van der Waals surface area (Å²) in [6.07, 6.45) is 3.72. The molecule has 2 heterocycles. The van der Waals surface area contributed by atoms with Gasteiger partial charge in [-0.05, 0) is 68.0 Å². The highest BCUT2D eigenvalue weighted by molar-refractivity contribution is 5.37. The zero-order valence-electron chi connectivity index (χ0n) is 17.6. The number of nitrogens with zero attached hydrogens (tertiary/aromatic N) is 2. The van der Waals surface area contributed by atoms with Gasteiger partial charge in [0.05, 0.1) is 6.10 Å². The third-order valence-corrected chi connectivity index (χ3v) is 6.44. The average Bonchev–Trinajstić information content (AvgIpc) is 2.96. The van der Waals surface area contributed by atoms with E-state index >= 15 is 0 Å². The van der Waals surface area contributed by atoms with E-state index in [0.29, 0.717) is 17.8 Å². The van der Waals surface area contributed by atoms with Gasteiger partial charge in [0, 0.05) is 32.8 Å². The summed E-state index contributed by atoms with van der Waals surface area (Å²) in [5.74, 6) is 0.984. The standard InChI is InChI=1S/C25H34N2O2/c1-20-8-9-23(16-25(20)28)22-10-13-26(14-11-22)18-24-19-27(12-5-15-29-24)17-21-6-3-2-4-7-21/h2-4,6-9,16,22,24,28H,5,10-15,17-19H2,1H3. The van der Waals surface area contributed by atoms with Crippen molar-refractivity contribution < 1.29 is 9.84 Å². The number of hydrogen-bond donors (Lipinski definition) is 1. The molecule has 0 bridgehead atoms. The van der Waals surface area contributed by atoms with Crippen molar-refractivity contribution in [2.24, 2.45) is 0 Å². The molecule has 2 saturated heterocycles. The molecule has 4 nitrogen and oxygen atoms in total. The third kappa shape index (κ3) is 5.59. The van der Waals surface area contributed by atoms with Crippen molar-refractivity contribution in [2.75, 3.05) is 39.3 Å². The van der Waals surface area contributed by atoms with Gasteiger partial charge in [-0.25, -0.2) is 0 Å². The first kappa shape index (κ1) is 20.4. The molecule has 1 unspecified atom stereocenters. The second-order valence-electron chi connectivity index (χ2n) is 8.69. The predicted molar refractivity (Wildman–Crippen MR) is 117 cm³/mol. The van der Waals surface area contributed by atoms with Crippen molar-refractivity contribution in [3.63, 3.8) is 0 Å². The summed E-state index contributed by atoms with van der Waals surface area (Å²) in [4.78, 5) is 5.12. The van der Waals surface area contributed by atoms with Crippen LogP contribution in [0.15, 0.2) is 48.5 Å². The van der Waals surface area contributed by atoms with Crippen LogP contribution in [0.25, 0.3) is 0 Å². The minimum absolute atomic E-state index is 0.293. The molecule has 2 aromatic rings. The Balaban J connectivity index is 1.28. The molecule has 4 rings (SSSR count). The monoisotopic (exact) mass is 394 g/mol. The highest BCUT2D eigenvalue weighted by atomic mass is 16.5. The summed E-state index contributed by atoms with van der Waals surface area (Å²) in [7, 11) is 0. The van der Waals surface area contributed by atoms with E-state index in [1.54, 1.807) is 0 Å². The lowest BCUT2D eigenvalue weighted by Crippen LogP contribution is -2.43. The highest BCUT2D eigenvalue weighted by Crippen LogP contribution is 2.31. The van der Waals surface area contributed by atoms with Gasteiger partial charge in [0.25, 0.3) is 0 Å². The Morgan fingerprint density at radius 3 is 2.55 bits per heavy atom. The van der Waals surface area contributed by atoms with Crippen molar-refractivity contribution in [1.29, 1.82) is 0 Å². The molecule has 156 valence electrons. The number of likely N-dealkylation sites (tertiary alicyclic amines) is 1. The van der Waals surface area contributed by atoms with E-state index in [0.717, 1.165) is 70.7 Å². The lowest BCUT2D eigenvalue weighted by atomic mass is 9.88. The Morgan fingerprint density at radius 2 is 1.79 bits per heavy atom. The first-order valence-electron chi connectivity index (χ1n) is 11.1. The molecule has 2 aliphatic heterocycles. The van der Waals surface area contributed by atoms with E-state index in [1.807, 2.05) is 19.1 Å². The van der Waals surface area contributed by atoms with Crippen LogP contribution < -0.4 is 0 Å². The zero-order chi connectivity index (χ0) is 20.1. The topological polar surface area (TPSA) is 35.9 Å². The molecule has 0 radical (unpaired) electrons. The molecule has 2 fully saturated rings. The molecule has 4 heteroatoms. The van der Waals surface area contributed by atoms with Gasteiger partial charge < -0.3 is 14.7 Å². The summed E-state index contributed by atoms with van der Waals surface area (Å²) < 4.78 is 6.20. The molecule has 2 aromatic carbocycles. The van der Waals surface area contributed by atoms with Gasteiger partial charge in [-0.2, -0.15) is 0 Å². The number of hydrogen-bond acceptors (Lipinski definition) is 4. The number of phenols is 1. The molecular formula is C25H34N2O2. The van der Waals surface area contributed by atoms with Crippen molar-refractivity contribution >= 4 is 0 Å². The number of piperidine rings is 1. The van der Waals surface area contributed by atoms with Crippen molar-refractivity contribution in [3.8, 4) is 5.75 Å². The second-order valence-corrected chi connectivity index (χ2v) is 8.69. The second kappa shape index (κ2) is 9.75. The minimum Gasteiger partial charge on any atom is -0.508 e. The Morgan fingerprint density at radius 1 is 1.00 bits per heavy atom. The maximum atomic E-state index is 10.0. The van der Waals surface area contributed by atoms with Crippen LogP contribution in [0.3, 0.4) is 0 Å². The van der Waals surface area contributed by atoms with Gasteiger partial charge >= 0.3 is 0 Å². The Hall–Kier alpha value is -1.88. The fraction of sp³-hybridized carbons (Fsp3) is 0.520. The van der Waals surface area contributed by atoms with Crippen LogP contribution in [-0.4, -0.2) is 60.3 Å². The van der Waals surface area contributed by atoms with Crippen LogP contribution in [0.4, 0.5) is 0 Å². The van der Waals surface area contributed by atoms with Gasteiger partial charge in [0.15, 0.2) is 0 Å². The number of rotatable bonds is 5. The van der Waals surface area contributed by atoms with Crippen LogP contribution in [0.2, 0.25) is 0 Å². The van der Waals surface area contributed by atoms with E-state index < -0.39 is 0 Å². The van der Waals surface area contributed by atoms with E-state index in [1.165, 1.54) is 11.1 Å². The number of aryl methyl sites for hydroxylation is 1. The molecule has 29 heavy (non-hydrogen) atoms. The lowest BCUT2D eigenvalue weighted by Gasteiger charge is -2.35. The van der Waals surface area contributed by atoms with Crippen molar-refractivity contribution in [3.05, 3.63) is 65.2 Å². The van der Waals surface area contributed by atoms with Crippen LogP contribution in [0.1, 0.15) is 41.9 Å². The molecule has 1 atom stereocenters.